The van der Waals surface area contributed by atoms with E-state index in [0.717, 1.165) is 5.56 Å². The number of nitrogens with one attached hydrogen (secondary N) is 1. The average molecular weight is 362 g/mol. The van der Waals surface area contributed by atoms with E-state index in [9.17, 15) is 9.59 Å². The summed E-state index contributed by atoms with van der Waals surface area (Å²) in [5.41, 5.74) is 3.16. The molecule has 27 heavy (non-hydrogen) atoms. The second-order valence-electron chi connectivity index (χ2n) is 6.61. The molecule has 0 aromatic carbocycles. The van der Waals surface area contributed by atoms with E-state index in [0.29, 0.717) is 28.2 Å². The predicted molar refractivity (Wildman–Crippen MR) is 102 cm³/mol. The van der Waals surface area contributed by atoms with E-state index in [4.69, 9.17) is 4.98 Å². The maximum atomic E-state index is 12.1. The van der Waals surface area contributed by atoms with Gasteiger partial charge in [0.1, 0.15) is 22.6 Å². The van der Waals surface area contributed by atoms with Crippen LogP contribution in [0.5, 0.6) is 0 Å². The standard InChI is InChI=1S/C19H18N6O2/c1-11(2)25-10-12(4-7-16(25)27)17-18(13-8-9-24(3)23-13)22-19-14(20-17)5-6-15(26)21-19/h4-11H,1-3H3,(H,21,22,26). The van der Waals surface area contributed by atoms with Crippen molar-refractivity contribution in [3.63, 3.8) is 0 Å². The summed E-state index contributed by atoms with van der Waals surface area (Å²) in [6.45, 7) is 3.89. The Balaban J connectivity index is 2.04. The highest BCUT2D eigenvalue weighted by molar-refractivity contribution is 5.83. The zero-order valence-electron chi connectivity index (χ0n) is 15.2. The Morgan fingerprint density at radius 1 is 1.00 bits per heavy atom. The van der Waals surface area contributed by atoms with E-state index < -0.39 is 0 Å². The lowest BCUT2D eigenvalue weighted by molar-refractivity contribution is 0.579. The lowest BCUT2D eigenvalue weighted by Crippen LogP contribution is -2.20. The number of rotatable bonds is 3. The van der Waals surface area contributed by atoms with Crippen molar-refractivity contribution in [1.29, 1.82) is 0 Å². The summed E-state index contributed by atoms with van der Waals surface area (Å²) < 4.78 is 3.32. The van der Waals surface area contributed by atoms with Crippen molar-refractivity contribution in [1.82, 2.24) is 29.3 Å². The van der Waals surface area contributed by atoms with Crippen molar-refractivity contribution in [3.8, 4) is 22.6 Å². The number of aromatic amines is 1. The summed E-state index contributed by atoms with van der Waals surface area (Å²) in [6.07, 6.45) is 3.59. The van der Waals surface area contributed by atoms with E-state index in [-0.39, 0.29) is 17.2 Å². The molecule has 0 unspecified atom stereocenters. The number of hydrogen-bond acceptors (Lipinski definition) is 5. The first kappa shape index (κ1) is 16.9. The predicted octanol–water partition coefficient (Wildman–Crippen LogP) is 2.13. The first-order valence-corrected chi connectivity index (χ1v) is 8.56. The average Bonchev–Trinajstić information content (AvgIpc) is 3.07. The van der Waals surface area contributed by atoms with Gasteiger partial charge in [0.25, 0.3) is 5.56 Å². The van der Waals surface area contributed by atoms with Gasteiger partial charge in [-0.25, -0.2) is 9.97 Å². The normalized spacial score (nSPS) is 11.4. The van der Waals surface area contributed by atoms with E-state index in [1.165, 1.54) is 12.1 Å². The van der Waals surface area contributed by atoms with Crippen molar-refractivity contribution in [2.75, 3.05) is 0 Å². The van der Waals surface area contributed by atoms with Crippen LogP contribution in [0.2, 0.25) is 0 Å². The number of aryl methyl sites for hydroxylation is 1. The Labute approximate surface area is 154 Å². The molecule has 4 rings (SSSR count). The number of nitrogens with zero attached hydrogens (tertiary/aromatic N) is 5. The molecule has 4 aromatic heterocycles. The SMILES string of the molecule is CC(C)n1cc(-c2nc3ccc(=O)[nH]c3nc2-c2ccn(C)n2)ccc1=O. The Morgan fingerprint density at radius 2 is 1.81 bits per heavy atom. The van der Waals surface area contributed by atoms with E-state index in [2.05, 4.69) is 15.1 Å². The third kappa shape index (κ3) is 3.05. The molecule has 0 saturated carbocycles. The molecule has 0 aliphatic carbocycles. The molecule has 8 heteroatoms. The maximum absolute atomic E-state index is 12.1. The summed E-state index contributed by atoms with van der Waals surface area (Å²) in [6, 6.07) is 8.15. The van der Waals surface area contributed by atoms with Gasteiger partial charge in [-0.05, 0) is 32.0 Å². The minimum atomic E-state index is -0.245. The number of fused-ring (bicyclic) bond motifs is 1. The van der Waals surface area contributed by atoms with Crippen LogP contribution in [-0.4, -0.2) is 29.3 Å². The molecule has 4 heterocycles. The lowest BCUT2D eigenvalue weighted by Gasteiger charge is -2.13. The Kier molecular flexibility index (Phi) is 3.95. The summed E-state index contributed by atoms with van der Waals surface area (Å²) in [5.74, 6) is 0. The molecule has 1 N–H and O–H groups in total. The van der Waals surface area contributed by atoms with Gasteiger partial charge in [0.15, 0.2) is 5.65 Å². The van der Waals surface area contributed by atoms with E-state index in [1.807, 2.05) is 33.2 Å². The quantitative estimate of drug-likeness (QED) is 0.602. The maximum Gasteiger partial charge on any atom is 0.250 e. The highest BCUT2D eigenvalue weighted by atomic mass is 16.1. The van der Waals surface area contributed by atoms with Crippen molar-refractivity contribution < 1.29 is 0 Å². The zero-order valence-corrected chi connectivity index (χ0v) is 15.2. The molecule has 0 amide bonds. The lowest BCUT2D eigenvalue weighted by atomic mass is 10.1. The molecule has 8 nitrogen and oxygen atoms in total. The Bertz CT molecular complexity index is 1270. The fourth-order valence-corrected chi connectivity index (χ4v) is 2.94. The van der Waals surface area contributed by atoms with Gasteiger partial charge in [-0.1, -0.05) is 0 Å². The van der Waals surface area contributed by atoms with Gasteiger partial charge in [-0.3, -0.25) is 14.3 Å². The minimum Gasteiger partial charge on any atom is -0.312 e. The second kappa shape index (κ2) is 6.31. The van der Waals surface area contributed by atoms with Crippen LogP contribution >= 0.6 is 0 Å². The number of hydrogen-bond donors (Lipinski definition) is 1. The van der Waals surface area contributed by atoms with Crippen LogP contribution in [0.4, 0.5) is 0 Å². The molecular formula is C19H18N6O2. The van der Waals surface area contributed by atoms with Crippen molar-refractivity contribution in [3.05, 3.63) is 63.4 Å². The summed E-state index contributed by atoms with van der Waals surface area (Å²) in [5, 5.41) is 4.43. The van der Waals surface area contributed by atoms with Crippen LogP contribution in [0.1, 0.15) is 19.9 Å². The Morgan fingerprint density at radius 3 is 2.52 bits per heavy atom. The van der Waals surface area contributed by atoms with Crippen LogP contribution in [0.3, 0.4) is 0 Å². The van der Waals surface area contributed by atoms with E-state index in [1.54, 1.807) is 27.6 Å². The molecule has 0 radical (unpaired) electrons. The summed E-state index contributed by atoms with van der Waals surface area (Å²) >= 11 is 0. The smallest absolute Gasteiger partial charge is 0.250 e. The van der Waals surface area contributed by atoms with Gasteiger partial charge < -0.3 is 9.55 Å². The molecule has 0 atom stereocenters. The fourth-order valence-electron chi connectivity index (χ4n) is 2.94. The summed E-state index contributed by atoms with van der Waals surface area (Å²) in [4.78, 5) is 35.8. The van der Waals surface area contributed by atoms with Crippen LogP contribution in [0, 0.1) is 0 Å². The van der Waals surface area contributed by atoms with Gasteiger partial charge in [-0.15, -0.1) is 0 Å². The highest BCUT2D eigenvalue weighted by Crippen LogP contribution is 2.29. The van der Waals surface area contributed by atoms with E-state index >= 15 is 0 Å². The largest absolute Gasteiger partial charge is 0.312 e. The van der Waals surface area contributed by atoms with Gasteiger partial charge >= 0.3 is 0 Å². The van der Waals surface area contributed by atoms with Crippen molar-refractivity contribution in [2.24, 2.45) is 7.05 Å². The first-order valence-electron chi connectivity index (χ1n) is 8.56. The molecule has 0 fully saturated rings. The minimum absolute atomic E-state index is 0.0144. The second-order valence-corrected chi connectivity index (χ2v) is 6.61. The summed E-state index contributed by atoms with van der Waals surface area (Å²) in [7, 11) is 1.82. The van der Waals surface area contributed by atoms with Gasteiger partial charge in [0.05, 0.1) is 0 Å². The van der Waals surface area contributed by atoms with Crippen molar-refractivity contribution >= 4 is 11.2 Å². The monoisotopic (exact) mass is 362 g/mol. The van der Waals surface area contributed by atoms with Gasteiger partial charge in [0, 0.05) is 43.2 Å². The third-order valence-electron chi connectivity index (χ3n) is 4.28. The molecule has 0 aliphatic heterocycles. The van der Waals surface area contributed by atoms with Crippen molar-refractivity contribution in [2.45, 2.75) is 19.9 Å². The van der Waals surface area contributed by atoms with Gasteiger partial charge in [0.2, 0.25) is 5.56 Å². The number of pyridine rings is 2. The topological polar surface area (TPSA) is 98.5 Å². The van der Waals surface area contributed by atoms with Gasteiger partial charge in [-0.2, -0.15) is 5.10 Å². The molecule has 0 spiro atoms. The number of aromatic nitrogens is 6. The molecule has 0 aliphatic rings. The third-order valence-corrected chi connectivity index (χ3v) is 4.28. The molecule has 136 valence electrons. The first-order chi connectivity index (χ1) is 12.9. The zero-order chi connectivity index (χ0) is 19.1. The van der Waals surface area contributed by atoms with Crippen LogP contribution in [0.15, 0.2) is 52.3 Å². The molecular weight excluding hydrogens is 344 g/mol. The molecule has 4 aromatic rings. The van der Waals surface area contributed by atoms with Crippen LogP contribution < -0.4 is 11.1 Å². The van der Waals surface area contributed by atoms with Crippen LogP contribution in [-0.2, 0) is 7.05 Å². The van der Waals surface area contributed by atoms with Crippen LogP contribution in [0.25, 0.3) is 33.8 Å². The number of H-pyrrole nitrogens is 1. The Hall–Kier alpha value is -3.55. The molecule has 0 saturated heterocycles. The molecule has 0 bridgehead atoms. The highest BCUT2D eigenvalue weighted by Gasteiger charge is 2.17. The fraction of sp³-hybridized carbons (Fsp3) is 0.211.